The summed E-state index contributed by atoms with van der Waals surface area (Å²) in [6.07, 6.45) is 0. The lowest BCUT2D eigenvalue weighted by Crippen LogP contribution is -2.22. The zero-order valence-electron chi connectivity index (χ0n) is 15.1. The average Bonchev–Trinajstić information content (AvgIpc) is 2.75. The lowest BCUT2D eigenvalue weighted by atomic mass is 10.1. The van der Waals surface area contributed by atoms with Gasteiger partial charge in [-0.3, -0.25) is 14.4 Å². The summed E-state index contributed by atoms with van der Waals surface area (Å²) < 4.78 is 1.19. The van der Waals surface area contributed by atoms with Gasteiger partial charge in [0.2, 0.25) is 5.91 Å². The van der Waals surface area contributed by atoms with E-state index in [4.69, 9.17) is 5.73 Å². The highest BCUT2D eigenvalue weighted by Gasteiger charge is 2.10. The van der Waals surface area contributed by atoms with Crippen LogP contribution in [0.2, 0.25) is 0 Å². The van der Waals surface area contributed by atoms with Crippen LogP contribution in [0.15, 0.2) is 77.6 Å². The molecular formula is C21H15N5O3. The maximum Gasteiger partial charge on any atom is 0.282 e. The first-order valence-corrected chi connectivity index (χ1v) is 8.69. The van der Waals surface area contributed by atoms with Crippen molar-refractivity contribution in [2.45, 2.75) is 0 Å². The van der Waals surface area contributed by atoms with E-state index in [1.54, 1.807) is 60.7 Å². The van der Waals surface area contributed by atoms with E-state index < -0.39 is 5.91 Å². The van der Waals surface area contributed by atoms with E-state index in [9.17, 15) is 14.4 Å². The highest BCUT2D eigenvalue weighted by atomic mass is 16.2. The van der Waals surface area contributed by atoms with Crippen molar-refractivity contribution >= 4 is 28.4 Å². The minimum Gasteiger partial charge on any atom is -0.366 e. The fraction of sp³-hybridized carbons (Fsp3) is 0. The van der Waals surface area contributed by atoms with E-state index in [0.29, 0.717) is 33.4 Å². The summed E-state index contributed by atoms with van der Waals surface area (Å²) in [4.78, 5) is 36.1. The molecule has 8 heteroatoms. The Labute approximate surface area is 164 Å². The molecule has 0 unspecified atom stereocenters. The number of anilines is 1. The Balaban J connectivity index is 1.56. The first-order chi connectivity index (χ1) is 14.0. The van der Waals surface area contributed by atoms with Gasteiger partial charge in [0.25, 0.3) is 11.5 Å². The predicted molar refractivity (Wildman–Crippen MR) is 108 cm³/mol. The average molecular weight is 385 g/mol. The molecule has 1 aromatic heterocycles. The number of carbonyl (C=O) groups excluding carboxylic acids is 2. The van der Waals surface area contributed by atoms with Crippen LogP contribution in [-0.2, 0) is 0 Å². The van der Waals surface area contributed by atoms with Crippen LogP contribution in [-0.4, -0.2) is 26.8 Å². The molecule has 0 aliphatic heterocycles. The maximum absolute atomic E-state index is 12.6. The minimum absolute atomic E-state index is 0.289. The number of carbonyl (C=O) groups is 2. The number of hydrogen-bond acceptors (Lipinski definition) is 5. The van der Waals surface area contributed by atoms with Crippen molar-refractivity contribution in [2.24, 2.45) is 5.73 Å². The van der Waals surface area contributed by atoms with E-state index in [1.807, 2.05) is 0 Å². The molecule has 0 radical (unpaired) electrons. The zero-order valence-corrected chi connectivity index (χ0v) is 15.1. The van der Waals surface area contributed by atoms with Crippen molar-refractivity contribution in [1.82, 2.24) is 15.0 Å². The number of primary amides is 1. The van der Waals surface area contributed by atoms with Crippen LogP contribution in [0.5, 0.6) is 0 Å². The SMILES string of the molecule is NC(=O)c1ccc(NC(=O)c2ccc(-n3nnc4ccccc4c3=O)cc2)cc1. The number of fused-ring (bicyclic) bond motifs is 1. The summed E-state index contributed by atoms with van der Waals surface area (Å²) in [5.74, 6) is -0.870. The summed E-state index contributed by atoms with van der Waals surface area (Å²) in [5, 5.41) is 11.2. The first-order valence-electron chi connectivity index (χ1n) is 8.69. The number of benzene rings is 3. The van der Waals surface area contributed by atoms with Crippen LogP contribution >= 0.6 is 0 Å². The third kappa shape index (κ3) is 3.59. The second-order valence-electron chi connectivity index (χ2n) is 6.27. The molecule has 0 bridgehead atoms. The fourth-order valence-electron chi connectivity index (χ4n) is 2.83. The van der Waals surface area contributed by atoms with E-state index in [-0.39, 0.29) is 11.5 Å². The van der Waals surface area contributed by atoms with Gasteiger partial charge in [-0.05, 0) is 60.7 Å². The van der Waals surface area contributed by atoms with Gasteiger partial charge in [-0.1, -0.05) is 17.3 Å². The van der Waals surface area contributed by atoms with Crippen LogP contribution in [0.3, 0.4) is 0 Å². The smallest absolute Gasteiger partial charge is 0.282 e. The van der Waals surface area contributed by atoms with Gasteiger partial charge in [0.1, 0.15) is 5.52 Å². The quantitative estimate of drug-likeness (QED) is 0.558. The van der Waals surface area contributed by atoms with Crippen molar-refractivity contribution in [2.75, 3.05) is 5.32 Å². The summed E-state index contributed by atoms with van der Waals surface area (Å²) in [5.41, 5.74) is 7.21. The number of aromatic nitrogens is 3. The van der Waals surface area contributed by atoms with E-state index >= 15 is 0 Å². The van der Waals surface area contributed by atoms with Gasteiger partial charge in [-0.15, -0.1) is 5.10 Å². The molecular weight excluding hydrogens is 370 g/mol. The molecule has 29 heavy (non-hydrogen) atoms. The minimum atomic E-state index is -0.537. The Kier molecular flexibility index (Phi) is 4.58. The van der Waals surface area contributed by atoms with Crippen molar-refractivity contribution in [3.05, 3.63) is 94.3 Å². The molecule has 3 N–H and O–H groups in total. The Morgan fingerprint density at radius 2 is 1.52 bits per heavy atom. The van der Waals surface area contributed by atoms with Gasteiger partial charge in [0.15, 0.2) is 0 Å². The monoisotopic (exact) mass is 385 g/mol. The number of hydrogen-bond donors (Lipinski definition) is 2. The topological polar surface area (TPSA) is 120 Å². The zero-order chi connectivity index (χ0) is 20.4. The van der Waals surface area contributed by atoms with Crippen LogP contribution in [0, 0.1) is 0 Å². The molecule has 0 atom stereocenters. The summed E-state index contributed by atoms with van der Waals surface area (Å²) in [6.45, 7) is 0. The van der Waals surface area contributed by atoms with Gasteiger partial charge in [0.05, 0.1) is 11.1 Å². The fourth-order valence-corrected chi connectivity index (χ4v) is 2.83. The van der Waals surface area contributed by atoms with E-state index in [0.717, 1.165) is 0 Å². The maximum atomic E-state index is 12.6. The molecule has 0 saturated heterocycles. The summed E-state index contributed by atoms with van der Waals surface area (Å²) >= 11 is 0. The van der Waals surface area contributed by atoms with Gasteiger partial charge < -0.3 is 11.1 Å². The third-order valence-corrected chi connectivity index (χ3v) is 4.37. The van der Waals surface area contributed by atoms with Crippen LogP contribution < -0.4 is 16.6 Å². The number of rotatable bonds is 4. The third-order valence-electron chi connectivity index (χ3n) is 4.37. The number of nitrogens with zero attached hydrogens (tertiary/aromatic N) is 3. The number of nitrogens with one attached hydrogen (secondary N) is 1. The van der Waals surface area contributed by atoms with Gasteiger partial charge in [-0.25, -0.2) is 0 Å². The molecule has 1 heterocycles. The highest BCUT2D eigenvalue weighted by molar-refractivity contribution is 6.04. The molecule has 0 aliphatic carbocycles. The van der Waals surface area contributed by atoms with Crippen molar-refractivity contribution < 1.29 is 9.59 Å². The van der Waals surface area contributed by atoms with Gasteiger partial charge in [0, 0.05) is 16.8 Å². The summed E-state index contributed by atoms with van der Waals surface area (Å²) in [7, 11) is 0. The van der Waals surface area contributed by atoms with Crippen molar-refractivity contribution in [1.29, 1.82) is 0 Å². The molecule has 4 rings (SSSR count). The second kappa shape index (κ2) is 7.35. The Morgan fingerprint density at radius 3 is 2.21 bits per heavy atom. The Morgan fingerprint density at radius 1 is 0.862 bits per heavy atom. The Bertz CT molecular complexity index is 1280. The molecule has 142 valence electrons. The van der Waals surface area contributed by atoms with Crippen LogP contribution in [0.1, 0.15) is 20.7 Å². The van der Waals surface area contributed by atoms with Crippen molar-refractivity contribution in [3.63, 3.8) is 0 Å². The molecule has 0 spiro atoms. The largest absolute Gasteiger partial charge is 0.366 e. The number of amides is 2. The molecule has 0 saturated carbocycles. The van der Waals surface area contributed by atoms with Gasteiger partial charge >= 0.3 is 0 Å². The number of nitrogens with two attached hydrogens (primary N) is 1. The molecule has 0 aliphatic rings. The standard InChI is InChI=1S/C21H15N5O3/c22-19(27)13-5-9-15(10-6-13)23-20(28)14-7-11-16(12-8-14)26-21(29)17-3-1-2-4-18(17)24-25-26/h1-12H,(H2,22,27)(H,23,28). The normalized spacial score (nSPS) is 10.6. The molecule has 4 aromatic rings. The summed E-state index contributed by atoms with van der Waals surface area (Å²) in [6, 6.07) is 19.6. The van der Waals surface area contributed by atoms with E-state index in [1.165, 1.54) is 16.8 Å². The Hall–Kier alpha value is -4.33. The van der Waals surface area contributed by atoms with Crippen LogP contribution in [0.4, 0.5) is 5.69 Å². The molecule has 0 fully saturated rings. The molecule has 8 nitrogen and oxygen atoms in total. The molecule has 2 amide bonds. The van der Waals surface area contributed by atoms with E-state index in [2.05, 4.69) is 15.6 Å². The first kappa shape index (κ1) is 18.1. The van der Waals surface area contributed by atoms with Crippen molar-refractivity contribution in [3.8, 4) is 5.69 Å². The molecule has 3 aromatic carbocycles. The van der Waals surface area contributed by atoms with Crippen LogP contribution in [0.25, 0.3) is 16.6 Å². The second-order valence-corrected chi connectivity index (χ2v) is 6.27. The lowest BCUT2D eigenvalue weighted by molar-refractivity contribution is 0.0998. The highest BCUT2D eigenvalue weighted by Crippen LogP contribution is 2.13. The predicted octanol–water partition coefficient (Wildman–Crippen LogP) is 2.13. The van der Waals surface area contributed by atoms with Gasteiger partial charge in [-0.2, -0.15) is 4.68 Å². The lowest BCUT2D eigenvalue weighted by Gasteiger charge is -2.08.